The Balaban J connectivity index is 1.78. The highest BCUT2D eigenvalue weighted by atomic mass is 79.9. The number of hydrogen-bond donors (Lipinski definition) is 2. The average molecular weight is 545 g/mol. The van der Waals surface area contributed by atoms with Crippen LogP contribution in [0, 0.1) is 0 Å². The number of amides is 3. The van der Waals surface area contributed by atoms with Crippen molar-refractivity contribution < 1.29 is 14.4 Å². The lowest BCUT2D eigenvalue weighted by molar-refractivity contribution is -0.130. The van der Waals surface area contributed by atoms with Gasteiger partial charge in [-0.1, -0.05) is 23.2 Å². The van der Waals surface area contributed by atoms with Crippen LogP contribution in [0.5, 0.6) is 0 Å². The molecule has 1 aliphatic heterocycles. The third kappa shape index (κ3) is 5.51. The smallest absolute Gasteiger partial charge is 0.271 e. The highest BCUT2D eigenvalue weighted by Gasteiger charge is 2.44. The van der Waals surface area contributed by atoms with Crippen LogP contribution in [0.4, 0.5) is 5.69 Å². The van der Waals surface area contributed by atoms with Crippen LogP contribution in [0.2, 0.25) is 10.0 Å². The van der Waals surface area contributed by atoms with E-state index in [0.29, 0.717) is 26.8 Å². The first-order valence-electron chi connectivity index (χ1n) is 9.01. The van der Waals surface area contributed by atoms with Gasteiger partial charge in [0, 0.05) is 39.1 Å². The summed E-state index contributed by atoms with van der Waals surface area (Å²) in [6, 6.07) is 5.16. The number of hydrazine groups is 1. The number of aromatic nitrogens is 1. The van der Waals surface area contributed by atoms with E-state index in [0.717, 1.165) is 0 Å². The van der Waals surface area contributed by atoms with Crippen LogP contribution >= 0.6 is 51.3 Å². The normalized spacial score (nSPS) is 15.9. The lowest BCUT2D eigenvalue weighted by Crippen LogP contribution is -2.49. The predicted molar refractivity (Wildman–Crippen MR) is 125 cm³/mol. The van der Waals surface area contributed by atoms with Crippen LogP contribution in [-0.4, -0.2) is 50.3 Å². The van der Waals surface area contributed by atoms with Gasteiger partial charge in [-0.05, 0) is 59.3 Å². The van der Waals surface area contributed by atoms with Crippen LogP contribution in [-0.2, 0) is 9.59 Å². The van der Waals surface area contributed by atoms with Gasteiger partial charge >= 0.3 is 0 Å². The van der Waals surface area contributed by atoms with E-state index in [2.05, 4.69) is 31.7 Å². The molecule has 1 saturated heterocycles. The predicted octanol–water partition coefficient (Wildman–Crippen LogP) is 3.64. The fourth-order valence-electron chi connectivity index (χ4n) is 2.97. The van der Waals surface area contributed by atoms with Gasteiger partial charge in [-0.2, -0.15) is 0 Å². The summed E-state index contributed by atoms with van der Waals surface area (Å²) in [5.74, 6) is -1.38. The molecular formula is C19H16BrCl2N5O3S. The van der Waals surface area contributed by atoms with Crippen LogP contribution in [0.15, 0.2) is 41.1 Å². The van der Waals surface area contributed by atoms with Crippen molar-refractivity contribution >= 4 is 79.9 Å². The van der Waals surface area contributed by atoms with Crippen molar-refractivity contribution in [2.45, 2.75) is 19.4 Å². The van der Waals surface area contributed by atoms with Gasteiger partial charge in [0.25, 0.3) is 11.8 Å². The molecule has 1 aromatic heterocycles. The Morgan fingerprint density at radius 1 is 1.19 bits per heavy atom. The molecule has 1 aromatic carbocycles. The summed E-state index contributed by atoms with van der Waals surface area (Å²) in [4.78, 5) is 43.4. The number of anilines is 1. The molecule has 1 fully saturated rings. The van der Waals surface area contributed by atoms with Crippen LogP contribution in [0.1, 0.15) is 23.7 Å². The van der Waals surface area contributed by atoms with Crippen molar-refractivity contribution in [1.29, 1.82) is 0 Å². The van der Waals surface area contributed by atoms with Crippen LogP contribution < -0.4 is 10.7 Å². The quantitative estimate of drug-likeness (QED) is 0.539. The van der Waals surface area contributed by atoms with Gasteiger partial charge in [-0.15, -0.1) is 0 Å². The maximum absolute atomic E-state index is 12.8. The van der Waals surface area contributed by atoms with Crippen molar-refractivity contribution in [1.82, 2.24) is 20.3 Å². The minimum Gasteiger partial charge on any atom is -0.326 e. The lowest BCUT2D eigenvalue weighted by Gasteiger charge is -2.24. The summed E-state index contributed by atoms with van der Waals surface area (Å²) in [7, 11) is 0. The molecule has 0 saturated carbocycles. The second-order valence-corrected chi connectivity index (χ2v) is 8.65. The van der Waals surface area contributed by atoms with Crippen molar-refractivity contribution in [3.63, 3.8) is 0 Å². The molecule has 8 nitrogen and oxygen atoms in total. The first-order chi connectivity index (χ1) is 14.7. The molecule has 2 N–H and O–H groups in total. The summed E-state index contributed by atoms with van der Waals surface area (Å²) in [6.07, 6.45) is 2.66. The average Bonchev–Trinajstić information content (AvgIpc) is 2.90. The number of hydrogen-bond acceptors (Lipinski definition) is 5. The standard InChI is InChI=1S/C19H16BrCl2N5O3S/c1-2-26-18(30)15(7-16(28)24-14-5-12(21)4-13(22)6-14)27(19(26)31)25-17(29)10-3-11(20)9-23-8-10/h3-6,8-9,15H,2,7H2,1H3,(H,24,28)(H,25,29). The van der Waals surface area contributed by atoms with E-state index in [-0.39, 0.29) is 23.0 Å². The molecule has 0 bridgehead atoms. The Labute approximate surface area is 202 Å². The number of rotatable bonds is 6. The zero-order valence-corrected chi connectivity index (χ0v) is 20.0. The van der Waals surface area contributed by atoms with Gasteiger partial charge in [0.05, 0.1) is 12.0 Å². The molecule has 0 spiro atoms. The molecule has 0 aliphatic carbocycles. The Morgan fingerprint density at radius 3 is 2.48 bits per heavy atom. The van der Waals surface area contributed by atoms with Crippen LogP contribution in [0.25, 0.3) is 0 Å². The third-order valence-electron chi connectivity index (χ3n) is 4.33. The second-order valence-electron chi connectivity index (χ2n) is 6.49. The summed E-state index contributed by atoms with van der Waals surface area (Å²) in [5.41, 5.74) is 3.26. The lowest BCUT2D eigenvalue weighted by atomic mass is 10.2. The zero-order chi connectivity index (χ0) is 22.7. The minimum absolute atomic E-state index is 0.104. The molecule has 31 heavy (non-hydrogen) atoms. The summed E-state index contributed by atoms with van der Waals surface area (Å²) < 4.78 is 0.617. The molecule has 2 aromatic rings. The topological polar surface area (TPSA) is 94.6 Å². The van der Waals surface area contributed by atoms with Gasteiger partial charge in [0.15, 0.2) is 5.11 Å². The molecule has 1 atom stereocenters. The maximum Gasteiger partial charge on any atom is 0.271 e. The highest BCUT2D eigenvalue weighted by molar-refractivity contribution is 9.10. The Kier molecular flexibility index (Phi) is 7.47. The van der Waals surface area contributed by atoms with E-state index < -0.39 is 17.9 Å². The number of halogens is 3. The van der Waals surface area contributed by atoms with Gasteiger partial charge < -0.3 is 5.32 Å². The maximum atomic E-state index is 12.8. The van der Waals surface area contributed by atoms with Crippen molar-refractivity contribution in [2.24, 2.45) is 0 Å². The fraction of sp³-hybridized carbons (Fsp3) is 0.211. The monoisotopic (exact) mass is 543 g/mol. The molecule has 3 amide bonds. The number of likely N-dealkylation sites (N-methyl/N-ethyl adjacent to an activating group) is 1. The molecule has 0 radical (unpaired) electrons. The van der Waals surface area contributed by atoms with Gasteiger partial charge in [0.1, 0.15) is 6.04 Å². The van der Waals surface area contributed by atoms with E-state index in [1.807, 2.05) is 0 Å². The summed E-state index contributed by atoms with van der Waals surface area (Å²) >= 11 is 20.5. The van der Waals surface area contributed by atoms with E-state index in [1.54, 1.807) is 13.0 Å². The number of pyridine rings is 1. The molecule has 1 unspecified atom stereocenters. The first-order valence-corrected chi connectivity index (χ1v) is 11.0. The molecular weight excluding hydrogens is 529 g/mol. The third-order valence-corrected chi connectivity index (χ3v) is 5.62. The van der Waals surface area contributed by atoms with E-state index in [9.17, 15) is 14.4 Å². The molecule has 162 valence electrons. The van der Waals surface area contributed by atoms with E-state index in [1.165, 1.54) is 40.5 Å². The Hall–Kier alpha value is -2.27. The fourth-order valence-corrected chi connectivity index (χ4v) is 4.25. The minimum atomic E-state index is -1.01. The Morgan fingerprint density at radius 2 is 1.87 bits per heavy atom. The highest BCUT2D eigenvalue weighted by Crippen LogP contribution is 2.24. The van der Waals surface area contributed by atoms with E-state index >= 15 is 0 Å². The van der Waals surface area contributed by atoms with Gasteiger partial charge in [-0.25, -0.2) is 5.01 Å². The molecule has 1 aliphatic rings. The number of nitrogens with zero attached hydrogens (tertiary/aromatic N) is 3. The number of thiocarbonyl (C=S) groups is 1. The SMILES string of the molecule is CCN1C(=O)C(CC(=O)Nc2cc(Cl)cc(Cl)c2)N(NC(=O)c2cncc(Br)c2)C1=S. The van der Waals surface area contributed by atoms with Gasteiger partial charge in [0.2, 0.25) is 5.91 Å². The number of nitrogens with one attached hydrogen (secondary N) is 2. The largest absolute Gasteiger partial charge is 0.326 e. The zero-order valence-electron chi connectivity index (χ0n) is 16.1. The van der Waals surface area contributed by atoms with Crippen LogP contribution in [0.3, 0.4) is 0 Å². The summed E-state index contributed by atoms with van der Waals surface area (Å²) in [6.45, 7) is 2.04. The summed E-state index contributed by atoms with van der Waals surface area (Å²) in [5, 5.41) is 4.70. The van der Waals surface area contributed by atoms with Gasteiger partial charge in [-0.3, -0.25) is 29.7 Å². The van der Waals surface area contributed by atoms with E-state index in [4.69, 9.17) is 35.4 Å². The number of benzene rings is 1. The van der Waals surface area contributed by atoms with Crippen molar-refractivity contribution in [3.05, 3.63) is 56.7 Å². The number of carbonyl (C=O) groups is 3. The molecule has 2 heterocycles. The molecule has 3 rings (SSSR count). The second kappa shape index (κ2) is 9.90. The van der Waals surface area contributed by atoms with Crippen molar-refractivity contribution in [3.8, 4) is 0 Å². The molecule has 12 heteroatoms. The number of carbonyl (C=O) groups excluding carboxylic acids is 3. The Bertz CT molecular complexity index is 1050. The van der Waals surface area contributed by atoms with Crippen molar-refractivity contribution in [2.75, 3.05) is 11.9 Å². The first kappa shape index (κ1) is 23.4.